The van der Waals surface area contributed by atoms with Crippen LogP contribution in [0.1, 0.15) is 5.82 Å². The molecule has 0 spiro atoms. The van der Waals surface area contributed by atoms with Gasteiger partial charge in [-0.3, -0.25) is 10.1 Å². The first kappa shape index (κ1) is 11.7. The molecule has 1 aromatic carbocycles. The molecule has 0 unspecified atom stereocenters. The van der Waals surface area contributed by atoms with Crippen LogP contribution in [-0.2, 0) is 0 Å². The fraction of sp³-hybridized carbons (Fsp3) is 0. The van der Waals surface area contributed by atoms with Crippen LogP contribution in [0.5, 0.6) is 0 Å². The Morgan fingerprint density at radius 2 is 2.15 bits per heavy atom. The summed E-state index contributed by atoms with van der Waals surface area (Å²) in [5.74, 6) is 0.315. The van der Waals surface area contributed by atoms with Gasteiger partial charge < -0.3 is 0 Å². The van der Waals surface area contributed by atoms with Crippen molar-refractivity contribution in [3.8, 4) is 11.9 Å². The zero-order valence-corrected chi connectivity index (χ0v) is 9.83. The third-order valence-corrected chi connectivity index (χ3v) is 2.62. The fourth-order valence-corrected chi connectivity index (χ4v) is 1.74. The van der Waals surface area contributed by atoms with E-state index < -0.39 is 4.92 Å². The zero-order valence-electron chi connectivity index (χ0n) is 9.83. The van der Waals surface area contributed by atoms with Crippen LogP contribution in [0.3, 0.4) is 0 Å². The van der Waals surface area contributed by atoms with Gasteiger partial charge in [-0.1, -0.05) is 0 Å². The maximum Gasteiger partial charge on any atom is 0.270 e. The molecular formula is C11H5N7O2. The second-order valence-electron chi connectivity index (χ2n) is 3.78. The molecule has 0 N–H and O–H groups in total. The number of hydrogen-bond acceptors (Lipinski definition) is 7. The molecule has 0 saturated carbocycles. The molecule has 20 heavy (non-hydrogen) atoms. The topological polar surface area (TPSA) is 123 Å². The lowest BCUT2D eigenvalue weighted by atomic mass is 10.2. The van der Waals surface area contributed by atoms with Gasteiger partial charge in [-0.05, 0) is 6.07 Å². The van der Waals surface area contributed by atoms with E-state index in [-0.39, 0.29) is 11.5 Å². The summed E-state index contributed by atoms with van der Waals surface area (Å²) >= 11 is 0. The number of benzene rings is 1. The van der Waals surface area contributed by atoms with Crippen molar-refractivity contribution in [2.75, 3.05) is 0 Å². The van der Waals surface area contributed by atoms with Crippen molar-refractivity contribution in [3.63, 3.8) is 0 Å². The predicted molar refractivity (Wildman–Crippen MR) is 65.8 cm³/mol. The van der Waals surface area contributed by atoms with Crippen molar-refractivity contribution in [1.29, 1.82) is 5.26 Å². The molecule has 0 amide bonds. The van der Waals surface area contributed by atoms with Gasteiger partial charge in [-0.2, -0.15) is 5.26 Å². The van der Waals surface area contributed by atoms with E-state index in [1.54, 1.807) is 6.07 Å². The Kier molecular flexibility index (Phi) is 2.54. The quantitative estimate of drug-likeness (QED) is 0.500. The highest BCUT2D eigenvalue weighted by atomic mass is 16.6. The minimum absolute atomic E-state index is 0.0119. The van der Waals surface area contributed by atoms with E-state index in [0.29, 0.717) is 16.7 Å². The first-order valence-corrected chi connectivity index (χ1v) is 5.40. The molecule has 2 heterocycles. The lowest BCUT2D eigenvalue weighted by Crippen LogP contribution is -2.01. The van der Waals surface area contributed by atoms with Crippen LogP contribution in [0.25, 0.3) is 16.7 Å². The van der Waals surface area contributed by atoms with Crippen molar-refractivity contribution in [2.45, 2.75) is 0 Å². The fourth-order valence-electron chi connectivity index (χ4n) is 1.74. The van der Waals surface area contributed by atoms with Crippen molar-refractivity contribution in [3.05, 3.63) is 46.8 Å². The SMILES string of the molecule is N#Cc1ncn(-c2ncnc3ccc([N+](=O)[O-])cc23)n1. The van der Waals surface area contributed by atoms with E-state index in [2.05, 4.69) is 20.1 Å². The molecule has 3 aromatic rings. The number of nitriles is 1. The zero-order chi connectivity index (χ0) is 14.1. The average Bonchev–Trinajstić information content (AvgIpc) is 2.94. The van der Waals surface area contributed by atoms with Crippen LogP contribution in [-0.4, -0.2) is 29.7 Å². The van der Waals surface area contributed by atoms with E-state index in [1.807, 2.05) is 0 Å². The summed E-state index contributed by atoms with van der Waals surface area (Å²) in [6.07, 6.45) is 2.64. The second kappa shape index (κ2) is 4.36. The van der Waals surface area contributed by atoms with Crippen LogP contribution in [0, 0.1) is 21.4 Å². The van der Waals surface area contributed by atoms with Gasteiger partial charge in [-0.25, -0.2) is 19.6 Å². The lowest BCUT2D eigenvalue weighted by Gasteiger charge is -2.03. The number of nitro groups is 1. The Hall–Kier alpha value is -3.41. The maximum absolute atomic E-state index is 10.8. The van der Waals surface area contributed by atoms with E-state index in [1.165, 1.54) is 35.5 Å². The van der Waals surface area contributed by atoms with Crippen molar-refractivity contribution in [2.24, 2.45) is 0 Å². The molecule has 0 bridgehead atoms. The summed E-state index contributed by atoms with van der Waals surface area (Å²) in [6.45, 7) is 0. The first-order valence-electron chi connectivity index (χ1n) is 5.40. The third kappa shape index (κ3) is 1.81. The molecule has 0 radical (unpaired) electrons. The summed E-state index contributed by atoms with van der Waals surface area (Å²) in [4.78, 5) is 22.2. The maximum atomic E-state index is 10.8. The molecule has 3 rings (SSSR count). The smallest absolute Gasteiger partial charge is 0.258 e. The second-order valence-corrected chi connectivity index (χ2v) is 3.78. The minimum Gasteiger partial charge on any atom is -0.258 e. The summed E-state index contributed by atoms with van der Waals surface area (Å²) < 4.78 is 1.28. The predicted octanol–water partition coefficient (Wildman–Crippen LogP) is 0.990. The number of nitrogens with zero attached hydrogens (tertiary/aromatic N) is 7. The van der Waals surface area contributed by atoms with E-state index in [9.17, 15) is 10.1 Å². The van der Waals surface area contributed by atoms with Crippen LogP contribution in [0.2, 0.25) is 0 Å². The number of nitro benzene ring substituents is 1. The molecule has 0 aliphatic rings. The summed E-state index contributed by atoms with van der Waals surface area (Å²) in [7, 11) is 0. The largest absolute Gasteiger partial charge is 0.270 e. The number of hydrogen-bond donors (Lipinski definition) is 0. The van der Waals surface area contributed by atoms with E-state index in [4.69, 9.17) is 5.26 Å². The van der Waals surface area contributed by atoms with Crippen LogP contribution >= 0.6 is 0 Å². The van der Waals surface area contributed by atoms with Gasteiger partial charge >= 0.3 is 0 Å². The standard InChI is InChI=1S/C11H5N7O2/c12-4-10-15-6-17(16-10)11-8-3-7(18(19)20)1-2-9(8)13-5-14-11/h1-3,5-6H. The highest BCUT2D eigenvalue weighted by Gasteiger charge is 2.13. The summed E-state index contributed by atoms with van der Waals surface area (Å²) in [5.41, 5.74) is 0.462. The normalized spacial score (nSPS) is 10.3. The van der Waals surface area contributed by atoms with Crippen LogP contribution in [0.15, 0.2) is 30.9 Å². The van der Waals surface area contributed by atoms with Gasteiger partial charge in [0.15, 0.2) is 5.82 Å². The van der Waals surface area contributed by atoms with Gasteiger partial charge in [0.1, 0.15) is 18.7 Å². The van der Waals surface area contributed by atoms with Crippen molar-refractivity contribution >= 4 is 16.6 Å². The number of fused-ring (bicyclic) bond motifs is 1. The molecule has 9 nitrogen and oxygen atoms in total. The molecule has 0 aliphatic carbocycles. The van der Waals surface area contributed by atoms with Crippen LogP contribution in [0.4, 0.5) is 5.69 Å². The molecule has 2 aromatic heterocycles. The molecule has 0 atom stereocenters. The van der Waals surface area contributed by atoms with Gasteiger partial charge in [-0.15, -0.1) is 5.10 Å². The summed E-state index contributed by atoms with van der Waals surface area (Å²) in [5, 5.41) is 23.9. The van der Waals surface area contributed by atoms with Gasteiger partial charge in [0.2, 0.25) is 0 Å². The molecule has 96 valence electrons. The van der Waals surface area contributed by atoms with Gasteiger partial charge in [0.05, 0.1) is 15.8 Å². The monoisotopic (exact) mass is 267 g/mol. The highest BCUT2D eigenvalue weighted by Crippen LogP contribution is 2.22. The van der Waals surface area contributed by atoms with Gasteiger partial charge in [0, 0.05) is 12.1 Å². The number of non-ortho nitro benzene ring substituents is 1. The molecule has 9 heteroatoms. The Morgan fingerprint density at radius 1 is 1.30 bits per heavy atom. The van der Waals surface area contributed by atoms with Crippen LogP contribution < -0.4 is 0 Å². The van der Waals surface area contributed by atoms with Crippen molar-refractivity contribution in [1.82, 2.24) is 24.7 Å². The van der Waals surface area contributed by atoms with E-state index >= 15 is 0 Å². The third-order valence-electron chi connectivity index (χ3n) is 2.62. The van der Waals surface area contributed by atoms with E-state index in [0.717, 1.165) is 0 Å². The first-order chi connectivity index (χ1) is 9.69. The average molecular weight is 267 g/mol. The molecule has 0 fully saturated rings. The summed E-state index contributed by atoms with van der Waals surface area (Å²) in [6, 6.07) is 6.05. The highest BCUT2D eigenvalue weighted by molar-refractivity contribution is 5.86. The Labute approximate surface area is 111 Å². The Balaban J connectivity index is 2.27. The Morgan fingerprint density at radius 3 is 2.85 bits per heavy atom. The molecular weight excluding hydrogens is 262 g/mol. The molecule has 0 saturated heterocycles. The Bertz CT molecular complexity index is 865. The van der Waals surface area contributed by atoms with Gasteiger partial charge in [0.25, 0.3) is 11.5 Å². The lowest BCUT2D eigenvalue weighted by molar-refractivity contribution is -0.384. The minimum atomic E-state index is -0.502. The van der Waals surface area contributed by atoms with Crippen molar-refractivity contribution < 1.29 is 4.92 Å². The number of rotatable bonds is 2. The molecule has 0 aliphatic heterocycles. The number of aromatic nitrogens is 5.